The van der Waals surface area contributed by atoms with Gasteiger partial charge in [0.2, 0.25) is 0 Å². The molecule has 2 saturated heterocycles. The zero-order valence-electron chi connectivity index (χ0n) is 14.3. The van der Waals surface area contributed by atoms with Crippen LogP contribution in [0.5, 0.6) is 0 Å². The molecule has 2 rings (SSSR count). The Balaban J connectivity index is 1.65. The minimum absolute atomic E-state index is 0.0557. The van der Waals surface area contributed by atoms with Crippen LogP contribution in [0.1, 0.15) is 46.0 Å². The van der Waals surface area contributed by atoms with Crippen LogP contribution >= 0.6 is 0 Å². The van der Waals surface area contributed by atoms with Gasteiger partial charge in [-0.15, -0.1) is 0 Å². The van der Waals surface area contributed by atoms with Gasteiger partial charge in [-0.25, -0.2) is 0 Å². The summed E-state index contributed by atoms with van der Waals surface area (Å²) >= 11 is 0. The molecular weight excluding hydrogens is 262 g/mol. The van der Waals surface area contributed by atoms with Crippen molar-refractivity contribution >= 4 is 0 Å². The second-order valence-electron chi connectivity index (χ2n) is 7.05. The maximum absolute atomic E-state index is 9.60. The van der Waals surface area contributed by atoms with Crippen molar-refractivity contribution in [2.75, 3.05) is 46.3 Å². The van der Waals surface area contributed by atoms with Gasteiger partial charge in [-0.05, 0) is 72.3 Å². The molecule has 0 aliphatic carbocycles. The van der Waals surface area contributed by atoms with Crippen LogP contribution in [0.3, 0.4) is 0 Å². The minimum atomic E-state index is -0.0557. The number of piperidine rings is 2. The Bertz CT molecular complexity index is 284. The predicted molar refractivity (Wildman–Crippen MR) is 88.7 cm³/mol. The zero-order chi connectivity index (χ0) is 15.2. The summed E-state index contributed by atoms with van der Waals surface area (Å²) in [7, 11) is 2.30. The second kappa shape index (κ2) is 8.47. The molecule has 2 fully saturated rings. The fourth-order valence-electron chi connectivity index (χ4n) is 3.76. The quantitative estimate of drug-likeness (QED) is 0.807. The van der Waals surface area contributed by atoms with E-state index in [1.807, 2.05) is 0 Å². The van der Waals surface area contributed by atoms with E-state index >= 15 is 0 Å². The van der Waals surface area contributed by atoms with Gasteiger partial charge >= 0.3 is 0 Å². The third-order valence-electron chi connectivity index (χ3n) is 5.65. The molecule has 21 heavy (non-hydrogen) atoms. The Morgan fingerprint density at radius 3 is 2.29 bits per heavy atom. The molecule has 0 aromatic heterocycles. The normalized spacial score (nSPS) is 25.6. The van der Waals surface area contributed by atoms with E-state index in [-0.39, 0.29) is 6.10 Å². The molecule has 2 heterocycles. The molecule has 4 nitrogen and oxygen atoms in total. The summed E-state index contributed by atoms with van der Waals surface area (Å²) in [4.78, 5) is 7.70. The van der Waals surface area contributed by atoms with Gasteiger partial charge in [0.05, 0.1) is 6.10 Å². The van der Waals surface area contributed by atoms with Crippen LogP contribution in [0, 0.1) is 0 Å². The molecule has 4 heteroatoms. The molecule has 124 valence electrons. The second-order valence-corrected chi connectivity index (χ2v) is 7.05. The van der Waals surface area contributed by atoms with Crippen LogP contribution in [0.2, 0.25) is 0 Å². The number of hydrogen-bond acceptors (Lipinski definition) is 4. The summed E-state index contributed by atoms with van der Waals surface area (Å²) in [6.45, 7) is 11.7. The highest BCUT2D eigenvalue weighted by Gasteiger charge is 2.24. The fourth-order valence-corrected chi connectivity index (χ4v) is 3.76. The van der Waals surface area contributed by atoms with Crippen molar-refractivity contribution in [3.63, 3.8) is 0 Å². The van der Waals surface area contributed by atoms with Gasteiger partial charge in [-0.1, -0.05) is 6.92 Å². The van der Waals surface area contributed by atoms with Crippen molar-refractivity contribution in [2.45, 2.75) is 64.1 Å². The largest absolute Gasteiger partial charge is 0.393 e. The molecule has 0 saturated carbocycles. The van der Waals surface area contributed by atoms with Crippen molar-refractivity contribution in [3.05, 3.63) is 0 Å². The van der Waals surface area contributed by atoms with Crippen molar-refractivity contribution in [3.8, 4) is 0 Å². The molecule has 0 radical (unpaired) electrons. The molecule has 1 atom stereocenters. The number of hydrogen-bond donors (Lipinski definition) is 1. The Labute approximate surface area is 131 Å². The lowest BCUT2D eigenvalue weighted by atomic mass is 10.0. The van der Waals surface area contributed by atoms with Gasteiger partial charge in [-0.2, -0.15) is 0 Å². The predicted octanol–water partition coefficient (Wildman–Crippen LogP) is 1.64. The summed E-state index contributed by atoms with van der Waals surface area (Å²) in [5.41, 5.74) is 0. The SMILES string of the molecule is CCN1CCC(N(C)CCC(C)N2CCC(O)CC2)CC1. The van der Waals surface area contributed by atoms with E-state index in [0.29, 0.717) is 6.04 Å². The molecule has 0 aromatic rings. The van der Waals surface area contributed by atoms with Crippen molar-refractivity contribution in [1.82, 2.24) is 14.7 Å². The van der Waals surface area contributed by atoms with Crippen LogP contribution in [0.4, 0.5) is 0 Å². The van der Waals surface area contributed by atoms with Gasteiger partial charge in [0.25, 0.3) is 0 Å². The van der Waals surface area contributed by atoms with E-state index in [1.54, 1.807) is 0 Å². The first kappa shape index (κ1) is 17.2. The molecule has 2 aliphatic heterocycles. The highest BCUT2D eigenvalue weighted by molar-refractivity contribution is 4.80. The molecule has 0 aromatic carbocycles. The van der Waals surface area contributed by atoms with E-state index in [0.717, 1.165) is 32.0 Å². The minimum Gasteiger partial charge on any atom is -0.393 e. The summed E-state index contributed by atoms with van der Waals surface area (Å²) in [6.07, 6.45) is 5.76. The highest BCUT2D eigenvalue weighted by atomic mass is 16.3. The first-order valence-corrected chi connectivity index (χ1v) is 8.94. The van der Waals surface area contributed by atoms with Crippen LogP contribution in [-0.4, -0.2) is 84.3 Å². The fraction of sp³-hybridized carbons (Fsp3) is 1.00. The molecule has 2 aliphatic rings. The molecule has 1 unspecified atom stereocenters. The van der Waals surface area contributed by atoms with Gasteiger partial charge in [-0.3, -0.25) is 0 Å². The van der Waals surface area contributed by atoms with E-state index in [1.165, 1.54) is 45.4 Å². The third kappa shape index (κ3) is 5.20. The smallest absolute Gasteiger partial charge is 0.0564 e. The lowest BCUT2D eigenvalue weighted by molar-refractivity contribution is 0.0571. The lowest BCUT2D eigenvalue weighted by Gasteiger charge is -2.38. The van der Waals surface area contributed by atoms with Gasteiger partial charge in [0, 0.05) is 25.2 Å². The van der Waals surface area contributed by atoms with Crippen molar-refractivity contribution in [1.29, 1.82) is 0 Å². The van der Waals surface area contributed by atoms with Crippen LogP contribution in [0.15, 0.2) is 0 Å². The summed E-state index contributed by atoms with van der Waals surface area (Å²) in [5, 5.41) is 9.60. The topological polar surface area (TPSA) is 30.0 Å². The molecular formula is C17H35N3O. The maximum atomic E-state index is 9.60. The Hall–Kier alpha value is -0.160. The van der Waals surface area contributed by atoms with E-state index < -0.39 is 0 Å². The third-order valence-corrected chi connectivity index (χ3v) is 5.65. The van der Waals surface area contributed by atoms with Crippen LogP contribution < -0.4 is 0 Å². The van der Waals surface area contributed by atoms with Gasteiger partial charge in [0.1, 0.15) is 0 Å². The monoisotopic (exact) mass is 297 g/mol. The number of aliphatic hydroxyl groups excluding tert-OH is 1. The molecule has 0 amide bonds. The number of rotatable bonds is 6. The maximum Gasteiger partial charge on any atom is 0.0564 e. The zero-order valence-corrected chi connectivity index (χ0v) is 14.3. The van der Waals surface area contributed by atoms with Gasteiger partial charge < -0.3 is 19.8 Å². The van der Waals surface area contributed by atoms with E-state index in [2.05, 4.69) is 35.6 Å². The van der Waals surface area contributed by atoms with Crippen LogP contribution in [0.25, 0.3) is 0 Å². The summed E-state index contributed by atoms with van der Waals surface area (Å²) < 4.78 is 0. The Kier molecular flexibility index (Phi) is 6.93. The number of likely N-dealkylation sites (tertiary alicyclic amines) is 2. The van der Waals surface area contributed by atoms with Crippen molar-refractivity contribution in [2.24, 2.45) is 0 Å². The number of nitrogens with zero attached hydrogens (tertiary/aromatic N) is 3. The standard InChI is InChI=1S/C17H35N3O/c1-4-19-11-6-16(7-12-19)18(3)10-5-15(2)20-13-8-17(21)9-14-20/h15-17,21H,4-14H2,1-3H3. The molecule has 1 N–H and O–H groups in total. The Morgan fingerprint density at radius 1 is 1.10 bits per heavy atom. The molecule has 0 bridgehead atoms. The van der Waals surface area contributed by atoms with E-state index in [9.17, 15) is 5.11 Å². The van der Waals surface area contributed by atoms with Crippen LogP contribution in [-0.2, 0) is 0 Å². The molecule has 0 spiro atoms. The van der Waals surface area contributed by atoms with E-state index in [4.69, 9.17) is 0 Å². The summed E-state index contributed by atoms with van der Waals surface area (Å²) in [5.74, 6) is 0. The first-order chi connectivity index (χ1) is 10.1. The van der Waals surface area contributed by atoms with Gasteiger partial charge in [0.15, 0.2) is 0 Å². The Morgan fingerprint density at radius 2 is 1.71 bits per heavy atom. The average molecular weight is 297 g/mol. The highest BCUT2D eigenvalue weighted by Crippen LogP contribution is 2.18. The summed E-state index contributed by atoms with van der Waals surface area (Å²) in [6, 6.07) is 1.43. The first-order valence-electron chi connectivity index (χ1n) is 8.94. The lowest BCUT2D eigenvalue weighted by Crippen LogP contribution is -2.46. The average Bonchev–Trinajstić information content (AvgIpc) is 2.53. The van der Waals surface area contributed by atoms with Crippen molar-refractivity contribution < 1.29 is 5.11 Å². The number of aliphatic hydroxyl groups is 1.